The Bertz CT molecular complexity index is 784. The van der Waals surface area contributed by atoms with E-state index < -0.39 is 12.2 Å². The molecule has 0 aliphatic carbocycles. The van der Waals surface area contributed by atoms with Gasteiger partial charge in [0, 0.05) is 24.7 Å². The summed E-state index contributed by atoms with van der Waals surface area (Å²) < 4.78 is 11.0. The highest BCUT2D eigenvalue weighted by molar-refractivity contribution is 5.95. The summed E-state index contributed by atoms with van der Waals surface area (Å²) in [6, 6.07) is 3.71. The predicted molar refractivity (Wildman–Crippen MR) is 90.0 cm³/mol. The van der Waals surface area contributed by atoms with Gasteiger partial charge in [-0.1, -0.05) is 0 Å². The average molecular weight is 344 g/mol. The Hall–Kier alpha value is -2.45. The average Bonchev–Trinajstić information content (AvgIpc) is 3.31. The van der Waals surface area contributed by atoms with Crippen LogP contribution in [0.1, 0.15) is 12.8 Å². The number of H-pyrrole nitrogens is 1. The van der Waals surface area contributed by atoms with Crippen molar-refractivity contribution in [3.05, 3.63) is 24.5 Å². The molecule has 25 heavy (non-hydrogen) atoms. The van der Waals surface area contributed by atoms with Crippen LogP contribution in [0.4, 0.5) is 5.82 Å². The van der Waals surface area contributed by atoms with Crippen molar-refractivity contribution in [2.45, 2.75) is 25.0 Å². The number of hydrogen-bond donors (Lipinski definition) is 2. The summed E-state index contributed by atoms with van der Waals surface area (Å²) in [7, 11) is 0. The van der Waals surface area contributed by atoms with Crippen LogP contribution in [0.2, 0.25) is 0 Å². The molecule has 2 amide bonds. The third-order valence-corrected chi connectivity index (χ3v) is 4.60. The first kappa shape index (κ1) is 16.0. The van der Waals surface area contributed by atoms with E-state index >= 15 is 0 Å². The van der Waals surface area contributed by atoms with Crippen molar-refractivity contribution in [3.63, 3.8) is 0 Å². The SMILES string of the molecule is O=C(Nc1cc2cc[nH]c2cn1)[C@H]1CC[C@@H](C(=O)N2CCOCC2)O1. The van der Waals surface area contributed by atoms with Crippen LogP contribution in [0, 0.1) is 0 Å². The van der Waals surface area contributed by atoms with E-state index in [1.807, 2.05) is 12.3 Å². The van der Waals surface area contributed by atoms with E-state index in [9.17, 15) is 9.59 Å². The first-order valence-corrected chi connectivity index (χ1v) is 8.47. The summed E-state index contributed by atoms with van der Waals surface area (Å²) in [6.45, 7) is 2.26. The number of aromatic amines is 1. The van der Waals surface area contributed by atoms with Crippen LogP contribution in [0.5, 0.6) is 0 Å². The van der Waals surface area contributed by atoms with Crippen molar-refractivity contribution >= 4 is 28.5 Å². The van der Waals surface area contributed by atoms with E-state index in [0.29, 0.717) is 45.0 Å². The van der Waals surface area contributed by atoms with E-state index in [-0.39, 0.29) is 11.8 Å². The molecule has 8 nitrogen and oxygen atoms in total. The number of pyridine rings is 1. The summed E-state index contributed by atoms with van der Waals surface area (Å²) in [4.78, 5) is 33.9. The zero-order chi connectivity index (χ0) is 17.2. The van der Waals surface area contributed by atoms with E-state index in [0.717, 1.165) is 10.9 Å². The predicted octanol–water partition coefficient (Wildman–Crippen LogP) is 0.908. The van der Waals surface area contributed by atoms with Gasteiger partial charge in [0.15, 0.2) is 0 Å². The Balaban J connectivity index is 1.35. The summed E-state index contributed by atoms with van der Waals surface area (Å²) in [5.74, 6) is 0.161. The third kappa shape index (κ3) is 3.35. The quantitative estimate of drug-likeness (QED) is 0.863. The number of nitrogens with one attached hydrogen (secondary N) is 2. The molecule has 0 saturated carbocycles. The number of anilines is 1. The van der Waals surface area contributed by atoms with Gasteiger partial charge in [-0.05, 0) is 25.0 Å². The molecule has 2 fully saturated rings. The number of nitrogens with zero attached hydrogens (tertiary/aromatic N) is 2. The minimum absolute atomic E-state index is 0.0505. The number of aromatic nitrogens is 2. The molecule has 0 aromatic carbocycles. The van der Waals surface area contributed by atoms with E-state index in [1.165, 1.54) is 0 Å². The molecule has 2 aliphatic rings. The lowest BCUT2D eigenvalue weighted by molar-refractivity contribution is -0.148. The lowest BCUT2D eigenvalue weighted by Crippen LogP contribution is -2.46. The first-order chi connectivity index (χ1) is 12.2. The van der Waals surface area contributed by atoms with E-state index in [2.05, 4.69) is 15.3 Å². The number of hydrogen-bond acceptors (Lipinski definition) is 5. The third-order valence-electron chi connectivity index (χ3n) is 4.60. The maximum atomic E-state index is 12.4. The normalized spacial score (nSPS) is 23.8. The molecule has 8 heteroatoms. The van der Waals surface area contributed by atoms with Crippen molar-refractivity contribution in [1.82, 2.24) is 14.9 Å². The molecule has 0 spiro atoms. The Labute approximate surface area is 144 Å². The second kappa shape index (κ2) is 6.81. The van der Waals surface area contributed by atoms with Gasteiger partial charge >= 0.3 is 0 Å². The molecule has 4 heterocycles. The molecular formula is C17H20N4O4. The molecule has 2 aromatic heterocycles. The maximum absolute atomic E-state index is 12.4. The van der Waals surface area contributed by atoms with E-state index in [4.69, 9.17) is 9.47 Å². The molecule has 4 rings (SSSR count). The van der Waals surface area contributed by atoms with Crippen LogP contribution in [0.3, 0.4) is 0 Å². The van der Waals surface area contributed by atoms with Gasteiger partial charge in [-0.2, -0.15) is 0 Å². The zero-order valence-corrected chi connectivity index (χ0v) is 13.7. The first-order valence-electron chi connectivity index (χ1n) is 8.47. The van der Waals surface area contributed by atoms with Gasteiger partial charge in [-0.25, -0.2) is 4.98 Å². The number of rotatable bonds is 3. The van der Waals surface area contributed by atoms with Crippen LogP contribution in [0.15, 0.2) is 24.5 Å². The highest BCUT2D eigenvalue weighted by Crippen LogP contribution is 2.23. The summed E-state index contributed by atoms with van der Waals surface area (Å²) in [6.07, 6.45) is 3.40. The van der Waals surface area contributed by atoms with Crippen LogP contribution in [0.25, 0.3) is 10.9 Å². The van der Waals surface area contributed by atoms with Crippen LogP contribution < -0.4 is 5.32 Å². The zero-order valence-electron chi connectivity index (χ0n) is 13.7. The van der Waals surface area contributed by atoms with Gasteiger partial charge in [0.2, 0.25) is 0 Å². The molecule has 132 valence electrons. The van der Waals surface area contributed by atoms with E-state index in [1.54, 1.807) is 17.2 Å². The minimum Gasteiger partial charge on any atom is -0.378 e. The van der Waals surface area contributed by atoms with Gasteiger partial charge in [0.25, 0.3) is 11.8 Å². The Kier molecular flexibility index (Phi) is 4.37. The molecule has 2 aromatic rings. The topological polar surface area (TPSA) is 96.5 Å². The fraction of sp³-hybridized carbons (Fsp3) is 0.471. The molecule has 2 aliphatic heterocycles. The van der Waals surface area contributed by atoms with Crippen molar-refractivity contribution in [3.8, 4) is 0 Å². The Morgan fingerprint density at radius 2 is 2.04 bits per heavy atom. The smallest absolute Gasteiger partial charge is 0.254 e. The number of amides is 2. The van der Waals surface area contributed by atoms with Crippen LogP contribution in [-0.4, -0.2) is 65.2 Å². The lowest BCUT2D eigenvalue weighted by Gasteiger charge is -2.29. The monoisotopic (exact) mass is 344 g/mol. The molecule has 0 unspecified atom stereocenters. The van der Waals surface area contributed by atoms with Gasteiger partial charge in [-0.15, -0.1) is 0 Å². The van der Waals surface area contributed by atoms with Gasteiger partial charge in [-0.3, -0.25) is 9.59 Å². The van der Waals surface area contributed by atoms with Crippen LogP contribution >= 0.6 is 0 Å². The maximum Gasteiger partial charge on any atom is 0.254 e. The number of carbonyl (C=O) groups is 2. The standard InChI is InChI=1S/C17H20N4O4/c22-16(20-15-9-11-3-4-18-12(11)10-19-15)13-1-2-14(25-13)17(23)21-5-7-24-8-6-21/h3-4,9-10,13-14,18H,1-2,5-8H2,(H,19,20,22)/t13-,14+/m1/s1. The molecule has 0 bridgehead atoms. The molecular weight excluding hydrogens is 324 g/mol. The van der Waals surface area contributed by atoms with Crippen LogP contribution in [-0.2, 0) is 19.1 Å². The van der Waals surface area contributed by atoms with Gasteiger partial charge < -0.3 is 24.7 Å². The highest BCUT2D eigenvalue weighted by atomic mass is 16.5. The van der Waals surface area contributed by atoms with Crippen molar-refractivity contribution < 1.29 is 19.1 Å². The highest BCUT2D eigenvalue weighted by Gasteiger charge is 2.37. The molecule has 0 radical (unpaired) electrons. The Morgan fingerprint density at radius 3 is 2.88 bits per heavy atom. The number of carbonyl (C=O) groups excluding carboxylic acids is 2. The fourth-order valence-electron chi connectivity index (χ4n) is 3.22. The molecule has 2 N–H and O–H groups in total. The summed E-state index contributed by atoms with van der Waals surface area (Å²) >= 11 is 0. The second-order valence-corrected chi connectivity index (χ2v) is 6.25. The lowest BCUT2D eigenvalue weighted by atomic mass is 10.1. The Morgan fingerprint density at radius 1 is 1.24 bits per heavy atom. The summed E-state index contributed by atoms with van der Waals surface area (Å²) in [5.41, 5.74) is 0.909. The van der Waals surface area contributed by atoms with Crippen molar-refractivity contribution in [2.75, 3.05) is 31.6 Å². The van der Waals surface area contributed by atoms with Gasteiger partial charge in [0.1, 0.15) is 18.0 Å². The van der Waals surface area contributed by atoms with Crippen molar-refractivity contribution in [2.24, 2.45) is 0 Å². The number of morpholine rings is 1. The molecule has 2 atom stereocenters. The minimum atomic E-state index is -0.626. The number of ether oxygens (including phenoxy) is 2. The fourth-order valence-corrected chi connectivity index (χ4v) is 3.22. The second-order valence-electron chi connectivity index (χ2n) is 6.25. The number of fused-ring (bicyclic) bond motifs is 1. The molecule has 2 saturated heterocycles. The van der Waals surface area contributed by atoms with Crippen molar-refractivity contribution in [1.29, 1.82) is 0 Å². The largest absolute Gasteiger partial charge is 0.378 e. The summed E-state index contributed by atoms with van der Waals surface area (Å²) in [5, 5.41) is 3.74. The van der Waals surface area contributed by atoms with Gasteiger partial charge in [0.05, 0.1) is 24.9 Å².